The summed E-state index contributed by atoms with van der Waals surface area (Å²) >= 11 is 0. The molecule has 1 aliphatic carbocycles. The molecule has 3 aliphatic heterocycles. The monoisotopic (exact) mass is 485 g/mol. The van der Waals surface area contributed by atoms with E-state index in [1.165, 1.54) is 29.2 Å². The number of hydrogen-bond acceptors (Lipinski definition) is 5. The van der Waals surface area contributed by atoms with Crippen LogP contribution in [-0.4, -0.2) is 66.2 Å². The molecule has 188 valence electrons. The number of rotatable bonds is 7. The average molecular weight is 486 g/mol. The first-order valence-electron chi connectivity index (χ1n) is 12.4. The second-order valence-corrected chi connectivity index (χ2v) is 10.2. The van der Waals surface area contributed by atoms with Crippen LogP contribution >= 0.6 is 0 Å². The van der Waals surface area contributed by atoms with Crippen LogP contribution in [0.5, 0.6) is 0 Å². The van der Waals surface area contributed by atoms with Gasteiger partial charge in [0, 0.05) is 25.4 Å². The molecule has 3 amide bonds. The Morgan fingerprint density at radius 2 is 1.86 bits per heavy atom. The molecule has 2 bridgehead atoms. The van der Waals surface area contributed by atoms with E-state index in [-0.39, 0.29) is 31.0 Å². The number of anilines is 1. The number of likely N-dealkylation sites (tertiary alicyclic amines) is 1. The molecule has 0 radical (unpaired) electrons. The third kappa shape index (κ3) is 3.94. The van der Waals surface area contributed by atoms with E-state index in [1.54, 1.807) is 26.2 Å². The van der Waals surface area contributed by atoms with Gasteiger partial charge in [-0.25, -0.2) is 4.39 Å². The Bertz CT molecular complexity index is 1040. The summed E-state index contributed by atoms with van der Waals surface area (Å²) in [4.78, 5) is 42.4. The van der Waals surface area contributed by atoms with Gasteiger partial charge in [0.25, 0.3) is 0 Å². The van der Waals surface area contributed by atoms with Gasteiger partial charge in [0.05, 0.1) is 24.0 Å². The Morgan fingerprint density at radius 3 is 2.54 bits per heavy atom. The molecule has 1 aromatic carbocycles. The maximum atomic E-state index is 13.8. The first-order chi connectivity index (χ1) is 16.8. The third-order valence-corrected chi connectivity index (χ3v) is 7.93. The van der Waals surface area contributed by atoms with Crippen molar-refractivity contribution in [3.05, 3.63) is 42.2 Å². The molecule has 1 saturated carbocycles. The zero-order valence-corrected chi connectivity index (χ0v) is 20.1. The molecule has 8 nitrogen and oxygen atoms in total. The molecule has 35 heavy (non-hydrogen) atoms. The second kappa shape index (κ2) is 9.02. The summed E-state index contributed by atoms with van der Waals surface area (Å²) in [6.45, 7) is 2.25. The highest BCUT2D eigenvalue weighted by atomic mass is 19.1. The highest BCUT2D eigenvalue weighted by Crippen LogP contribution is 2.59. The molecular weight excluding hydrogens is 453 g/mol. The predicted octanol–water partition coefficient (Wildman–Crippen LogP) is 2.40. The van der Waals surface area contributed by atoms with Crippen LogP contribution in [0.15, 0.2) is 36.4 Å². The molecule has 1 spiro atoms. The zero-order chi connectivity index (χ0) is 24.8. The highest BCUT2D eigenvalue weighted by Gasteiger charge is 2.76. The van der Waals surface area contributed by atoms with Crippen LogP contribution in [0.2, 0.25) is 0 Å². The Kier molecular flexibility index (Phi) is 6.17. The highest BCUT2D eigenvalue weighted by molar-refractivity contribution is 6.03. The van der Waals surface area contributed by atoms with Gasteiger partial charge in [-0.2, -0.15) is 0 Å². The minimum atomic E-state index is -1.23. The first kappa shape index (κ1) is 23.9. The van der Waals surface area contributed by atoms with Crippen LogP contribution in [0.3, 0.4) is 0 Å². The summed E-state index contributed by atoms with van der Waals surface area (Å²) in [7, 11) is 1.54. The lowest BCUT2D eigenvalue weighted by Gasteiger charge is -2.34. The third-order valence-electron chi connectivity index (χ3n) is 7.93. The molecule has 4 aliphatic rings. The zero-order valence-electron chi connectivity index (χ0n) is 20.1. The molecule has 9 heteroatoms. The van der Waals surface area contributed by atoms with Crippen molar-refractivity contribution in [2.45, 2.75) is 62.3 Å². The molecule has 1 aromatic rings. The van der Waals surface area contributed by atoms with Gasteiger partial charge in [-0.05, 0) is 44.0 Å². The van der Waals surface area contributed by atoms with E-state index in [2.05, 4.69) is 10.6 Å². The van der Waals surface area contributed by atoms with E-state index < -0.39 is 40.8 Å². The molecule has 2 saturated heterocycles. The van der Waals surface area contributed by atoms with Crippen LogP contribution < -0.4 is 10.6 Å². The Morgan fingerprint density at radius 1 is 1.14 bits per heavy atom. The van der Waals surface area contributed by atoms with Gasteiger partial charge in [-0.1, -0.05) is 31.4 Å². The Balaban J connectivity index is 1.45. The fourth-order valence-corrected chi connectivity index (χ4v) is 6.34. The van der Waals surface area contributed by atoms with Crippen molar-refractivity contribution in [1.29, 1.82) is 0 Å². The Hall–Kier alpha value is -2.78. The SMILES string of the molecule is COCCN1C(=O)[C@@H]2[C@H](C(=O)Nc3ccc(F)cc3)[C@@]3(C)C=C[C@@]2(O3)[C@H]1C(=O)NC1CCCCC1. The molecule has 0 aromatic heterocycles. The first-order valence-corrected chi connectivity index (χ1v) is 12.4. The van der Waals surface area contributed by atoms with Gasteiger partial charge in [-0.3, -0.25) is 14.4 Å². The average Bonchev–Trinajstić information content (AvgIpc) is 3.40. The fraction of sp³-hybridized carbons (Fsp3) is 0.577. The maximum absolute atomic E-state index is 13.8. The van der Waals surface area contributed by atoms with Crippen molar-refractivity contribution < 1.29 is 28.2 Å². The van der Waals surface area contributed by atoms with E-state index >= 15 is 0 Å². The van der Waals surface area contributed by atoms with Gasteiger partial charge < -0.3 is 25.0 Å². The normalized spacial score (nSPS) is 33.7. The topological polar surface area (TPSA) is 97.0 Å². The molecule has 3 fully saturated rings. The molecule has 5 atom stereocenters. The molecule has 3 heterocycles. The number of carbonyl (C=O) groups is 3. The number of halogens is 1. The summed E-state index contributed by atoms with van der Waals surface area (Å²) < 4.78 is 25.0. The summed E-state index contributed by atoms with van der Waals surface area (Å²) in [5, 5.41) is 5.96. The van der Waals surface area contributed by atoms with Gasteiger partial charge >= 0.3 is 0 Å². The lowest BCUT2D eigenvalue weighted by atomic mass is 9.70. The number of amides is 3. The molecule has 5 rings (SSSR count). The predicted molar refractivity (Wildman–Crippen MR) is 126 cm³/mol. The fourth-order valence-electron chi connectivity index (χ4n) is 6.34. The van der Waals surface area contributed by atoms with Crippen LogP contribution in [0.4, 0.5) is 10.1 Å². The van der Waals surface area contributed by atoms with Crippen molar-refractivity contribution in [3.8, 4) is 0 Å². The van der Waals surface area contributed by atoms with Gasteiger partial charge in [-0.15, -0.1) is 0 Å². The largest absolute Gasteiger partial charge is 0.383 e. The second-order valence-electron chi connectivity index (χ2n) is 10.2. The minimum absolute atomic E-state index is 0.0711. The van der Waals surface area contributed by atoms with Crippen molar-refractivity contribution in [2.75, 3.05) is 25.6 Å². The number of fused-ring (bicyclic) bond motifs is 1. The van der Waals surface area contributed by atoms with Crippen molar-refractivity contribution >= 4 is 23.4 Å². The van der Waals surface area contributed by atoms with E-state index in [4.69, 9.17) is 9.47 Å². The molecule has 0 unspecified atom stereocenters. The van der Waals surface area contributed by atoms with Crippen molar-refractivity contribution in [2.24, 2.45) is 11.8 Å². The Labute approximate surface area is 204 Å². The summed E-state index contributed by atoms with van der Waals surface area (Å²) in [5.74, 6) is -3.05. The number of carbonyl (C=O) groups excluding carboxylic acids is 3. The maximum Gasteiger partial charge on any atom is 0.246 e. The van der Waals surface area contributed by atoms with E-state index in [1.807, 2.05) is 0 Å². The lowest BCUT2D eigenvalue weighted by molar-refractivity contribution is -0.144. The van der Waals surface area contributed by atoms with E-state index in [0.717, 1.165) is 32.1 Å². The van der Waals surface area contributed by atoms with Crippen LogP contribution in [0.1, 0.15) is 39.0 Å². The standard InChI is InChI=1S/C26H32FN3O5/c1-25-12-13-26(35-25)20(19(25)22(31)28-18-10-8-16(27)9-11-18)24(33)30(14-15-34-2)21(26)23(32)29-17-6-4-3-5-7-17/h8-13,17,19-21H,3-7,14-15H2,1-2H3,(H,28,31)(H,29,32)/t19-,20+,21-,25-,26+/m1/s1. The van der Waals surface area contributed by atoms with E-state index in [0.29, 0.717) is 5.69 Å². The smallest absolute Gasteiger partial charge is 0.246 e. The van der Waals surface area contributed by atoms with E-state index in [9.17, 15) is 18.8 Å². The van der Waals surface area contributed by atoms with Crippen LogP contribution in [0, 0.1) is 17.7 Å². The summed E-state index contributed by atoms with van der Waals surface area (Å²) in [6, 6.07) is 4.64. The molecular formula is C26H32FN3O5. The number of ether oxygens (including phenoxy) is 2. The van der Waals surface area contributed by atoms with Gasteiger partial charge in [0.2, 0.25) is 17.7 Å². The molecule has 2 N–H and O–H groups in total. The quantitative estimate of drug-likeness (QED) is 0.578. The number of methoxy groups -OCH3 is 1. The van der Waals surface area contributed by atoms with Crippen LogP contribution in [0.25, 0.3) is 0 Å². The summed E-state index contributed by atoms with van der Waals surface area (Å²) in [6.07, 6.45) is 8.72. The van der Waals surface area contributed by atoms with Crippen LogP contribution in [-0.2, 0) is 23.9 Å². The number of benzene rings is 1. The summed E-state index contributed by atoms with van der Waals surface area (Å²) in [5.41, 5.74) is -1.85. The minimum Gasteiger partial charge on any atom is -0.383 e. The van der Waals surface area contributed by atoms with Crippen molar-refractivity contribution in [1.82, 2.24) is 10.2 Å². The number of nitrogens with one attached hydrogen (secondary N) is 2. The van der Waals surface area contributed by atoms with Gasteiger partial charge in [0.1, 0.15) is 17.5 Å². The number of hydrogen-bond donors (Lipinski definition) is 2. The lowest BCUT2D eigenvalue weighted by Crippen LogP contribution is -2.57. The number of nitrogens with zero attached hydrogens (tertiary/aromatic N) is 1. The van der Waals surface area contributed by atoms with Gasteiger partial charge in [0.15, 0.2) is 0 Å². The van der Waals surface area contributed by atoms with Crippen molar-refractivity contribution in [3.63, 3.8) is 0 Å².